The number of hydroxylamine groups is 2. The average Bonchev–Trinajstić information content (AvgIpc) is 2.60. The van der Waals surface area contributed by atoms with Crippen LogP contribution in [0.1, 0.15) is 12.5 Å². The van der Waals surface area contributed by atoms with Crippen LogP contribution in [0.5, 0.6) is 5.75 Å². The van der Waals surface area contributed by atoms with Crippen LogP contribution in [0.4, 0.5) is 4.79 Å². The third-order valence-electron chi connectivity index (χ3n) is 3.65. The second-order valence-electron chi connectivity index (χ2n) is 5.52. The van der Waals surface area contributed by atoms with Gasteiger partial charge in [-0.2, -0.15) is 0 Å². The molecule has 3 amide bonds. The van der Waals surface area contributed by atoms with Gasteiger partial charge < -0.3 is 15.8 Å². The van der Waals surface area contributed by atoms with Gasteiger partial charge in [0.25, 0.3) is 5.91 Å². The van der Waals surface area contributed by atoms with Crippen molar-refractivity contribution in [2.24, 2.45) is 5.73 Å². The Hall–Kier alpha value is -3.06. The van der Waals surface area contributed by atoms with E-state index >= 15 is 0 Å². The molecular formula is C18H21N3O4. The molecule has 132 valence electrons. The van der Waals surface area contributed by atoms with Crippen LogP contribution in [0.3, 0.4) is 0 Å². The highest BCUT2D eigenvalue weighted by Gasteiger charge is 2.13. The number of hydrogen-bond acceptors (Lipinski definition) is 4. The maximum absolute atomic E-state index is 12.1. The van der Waals surface area contributed by atoms with Crippen molar-refractivity contribution < 1.29 is 19.5 Å². The molecule has 4 N–H and O–H groups in total. The molecule has 2 rings (SSSR count). The van der Waals surface area contributed by atoms with Gasteiger partial charge in [-0.15, -0.1) is 0 Å². The highest BCUT2D eigenvalue weighted by atomic mass is 16.5. The van der Waals surface area contributed by atoms with Gasteiger partial charge in [-0.1, -0.05) is 18.2 Å². The van der Waals surface area contributed by atoms with Gasteiger partial charge in [0.2, 0.25) is 0 Å². The Balaban J connectivity index is 2.11. The quantitative estimate of drug-likeness (QED) is 0.424. The van der Waals surface area contributed by atoms with Gasteiger partial charge in [0.05, 0.1) is 13.7 Å². The Morgan fingerprint density at radius 3 is 2.60 bits per heavy atom. The molecule has 7 nitrogen and oxygen atoms in total. The minimum absolute atomic E-state index is 0.0511. The molecule has 0 unspecified atom stereocenters. The van der Waals surface area contributed by atoms with E-state index in [2.05, 4.69) is 5.32 Å². The lowest BCUT2D eigenvalue weighted by molar-refractivity contribution is -0.159. The third kappa shape index (κ3) is 4.95. The van der Waals surface area contributed by atoms with Crippen LogP contribution in [0.25, 0.3) is 16.8 Å². The van der Waals surface area contributed by atoms with Crippen molar-refractivity contribution in [1.82, 2.24) is 10.4 Å². The number of rotatable bonds is 6. The second-order valence-corrected chi connectivity index (χ2v) is 5.52. The lowest BCUT2D eigenvalue weighted by Crippen LogP contribution is -2.38. The number of ether oxygens (including phenoxy) is 1. The van der Waals surface area contributed by atoms with E-state index in [0.29, 0.717) is 10.6 Å². The zero-order valence-electron chi connectivity index (χ0n) is 14.2. The molecule has 0 spiro atoms. The average molecular weight is 343 g/mol. The Morgan fingerprint density at radius 2 is 1.92 bits per heavy atom. The monoisotopic (exact) mass is 343 g/mol. The van der Waals surface area contributed by atoms with Gasteiger partial charge in [0.15, 0.2) is 0 Å². The molecule has 0 fully saturated rings. The summed E-state index contributed by atoms with van der Waals surface area (Å²) in [4.78, 5) is 22.7. The van der Waals surface area contributed by atoms with Crippen molar-refractivity contribution in [3.8, 4) is 5.75 Å². The minimum Gasteiger partial charge on any atom is -0.497 e. The number of carbonyl (C=O) groups is 2. The van der Waals surface area contributed by atoms with Gasteiger partial charge in [-0.3, -0.25) is 10.0 Å². The molecule has 0 bridgehead atoms. The molecule has 0 aliphatic carbocycles. The molecule has 7 heteroatoms. The number of carbonyl (C=O) groups excluding carboxylic acids is 2. The maximum atomic E-state index is 12.1. The number of methoxy groups -OCH3 is 1. The highest BCUT2D eigenvalue weighted by Crippen LogP contribution is 2.23. The number of benzene rings is 2. The summed E-state index contributed by atoms with van der Waals surface area (Å²) in [5.74, 6) is 0.240. The van der Waals surface area contributed by atoms with Crippen molar-refractivity contribution in [1.29, 1.82) is 0 Å². The number of fused-ring (bicyclic) bond motifs is 1. The first kappa shape index (κ1) is 18.3. The van der Waals surface area contributed by atoms with E-state index < -0.39 is 11.9 Å². The van der Waals surface area contributed by atoms with Crippen LogP contribution in [-0.4, -0.2) is 42.4 Å². The standard InChI is InChI=1S/C18H21N3O4/c1-12(17(22)21(24)8-7-20-18(19)23)9-13-3-4-15-11-16(25-2)6-5-14(15)10-13/h3-6,9-11,24H,7-8H2,1-2H3,(H3,19,20,23). The Bertz CT molecular complexity index is 817. The predicted molar refractivity (Wildman–Crippen MR) is 95.2 cm³/mol. The molecule has 25 heavy (non-hydrogen) atoms. The first-order valence-electron chi connectivity index (χ1n) is 7.71. The largest absolute Gasteiger partial charge is 0.497 e. The first-order chi connectivity index (χ1) is 11.9. The SMILES string of the molecule is COc1ccc2cc(C=C(C)C(=O)N(O)CCNC(N)=O)ccc2c1. The van der Waals surface area contributed by atoms with Crippen molar-refractivity contribution in [3.63, 3.8) is 0 Å². The van der Waals surface area contributed by atoms with E-state index in [1.165, 1.54) is 0 Å². The number of amides is 3. The summed E-state index contributed by atoms with van der Waals surface area (Å²) >= 11 is 0. The van der Waals surface area contributed by atoms with Gasteiger partial charge in [-0.25, -0.2) is 9.86 Å². The summed E-state index contributed by atoms with van der Waals surface area (Å²) < 4.78 is 5.20. The van der Waals surface area contributed by atoms with Crippen LogP contribution in [0.15, 0.2) is 42.0 Å². The molecule has 0 heterocycles. The number of urea groups is 1. The first-order valence-corrected chi connectivity index (χ1v) is 7.71. The van der Waals surface area contributed by atoms with Crippen LogP contribution in [-0.2, 0) is 4.79 Å². The summed E-state index contributed by atoms with van der Waals surface area (Å²) in [6.45, 7) is 1.64. The minimum atomic E-state index is -0.707. The van der Waals surface area contributed by atoms with E-state index in [9.17, 15) is 14.8 Å². The molecule has 2 aromatic rings. The zero-order valence-corrected chi connectivity index (χ0v) is 14.2. The molecule has 0 aromatic heterocycles. The molecule has 0 atom stereocenters. The summed E-state index contributed by atoms with van der Waals surface area (Å²) in [6, 6.07) is 10.8. The van der Waals surface area contributed by atoms with Gasteiger partial charge >= 0.3 is 6.03 Å². The number of primary amides is 1. The second kappa shape index (κ2) is 8.16. The van der Waals surface area contributed by atoms with Crippen LogP contribution in [0.2, 0.25) is 0 Å². The van der Waals surface area contributed by atoms with Crippen molar-refractivity contribution in [3.05, 3.63) is 47.5 Å². The van der Waals surface area contributed by atoms with Crippen molar-refractivity contribution >= 4 is 28.8 Å². The normalized spacial score (nSPS) is 11.2. The summed E-state index contributed by atoms with van der Waals surface area (Å²) in [7, 11) is 1.62. The molecular weight excluding hydrogens is 322 g/mol. The molecule has 0 radical (unpaired) electrons. The smallest absolute Gasteiger partial charge is 0.312 e. The molecule has 2 aromatic carbocycles. The molecule has 0 aliphatic rings. The summed E-state index contributed by atoms with van der Waals surface area (Å²) in [5.41, 5.74) is 6.14. The van der Waals surface area contributed by atoms with Gasteiger partial charge in [-0.05, 0) is 47.5 Å². The fourth-order valence-corrected chi connectivity index (χ4v) is 2.36. The molecule has 0 saturated carbocycles. The highest BCUT2D eigenvalue weighted by molar-refractivity contribution is 5.97. The predicted octanol–water partition coefficient (Wildman–Crippen LogP) is 2.14. The van der Waals surface area contributed by atoms with Crippen LogP contribution < -0.4 is 15.8 Å². The Morgan fingerprint density at radius 1 is 1.24 bits per heavy atom. The van der Waals surface area contributed by atoms with E-state index in [0.717, 1.165) is 22.1 Å². The molecule has 0 saturated heterocycles. The van der Waals surface area contributed by atoms with Crippen LogP contribution in [0, 0.1) is 0 Å². The molecule has 0 aliphatic heterocycles. The van der Waals surface area contributed by atoms with Gasteiger partial charge in [0.1, 0.15) is 5.75 Å². The maximum Gasteiger partial charge on any atom is 0.312 e. The van der Waals surface area contributed by atoms with E-state index in [1.54, 1.807) is 20.1 Å². The number of nitrogens with one attached hydrogen (secondary N) is 1. The number of nitrogens with two attached hydrogens (primary N) is 1. The van der Waals surface area contributed by atoms with E-state index in [4.69, 9.17) is 10.5 Å². The number of nitrogens with zero attached hydrogens (tertiary/aromatic N) is 1. The number of hydrogen-bond donors (Lipinski definition) is 3. The van der Waals surface area contributed by atoms with E-state index in [-0.39, 0.29) is 13.1 Å². The topological polar surface area (TPSA) is 105 Å². The van der Waals surface area contributed by atoms with Crippen molar-refractivity contribution in [2.45, 2.75) is 6.92 Å². The Kier molecular flexibility index (Phi) is 5.97. The van der Waals surface area contributed by atoms with Crippen LogP contribution >= 0.6 is 0 Å². The fourth-order valence-electron chi connectivity index (χ4n) is 2.36. The van der Waals surface area contributed by atoms with Crippen molar-refractivity contribution in [2.75, 3.05) is 20.2 Å². The van der Waals surface area contributed by atoms with E-state index in [1.807, 2.05) is 36.4 Å². The summed E-state index contributed by atoms with van der Waals surface area (Å²) in [5, 5.41) is 14.6. The Labute approximate surface area is 145 Å². The van der Waals surface area contributed by atoms with Gasteiger partial charge in [0, 0.05) is 12.1 Å². The fraction of sp³-hybridized carbons (Fsp3) is 0.222. The summed E-state index contributed by atoms with van der Waals surface area (Å²) in [6.07, 6.45) is 1.69. The lowest BCUT2D eigenvalue weighted by atomic mass is 10.0. The third-order valence-corrected chi connectivity index (χ3v) is 3.65. The lowest BCUT2D eigenvalue weighted by Gasteiger charge is -2.15. The zero-order chi connectivity index (χ0) is 18.4.